The molecule has 0 aromatic carbocycles. The van der Waals surface area contributed by atoms with Crippen LogP contribution in [0.3, 0.4) is 0 Å². The van der Waals surface area contributed by atoms with Gasteiger partial charge in [-0.05, 0) is 19.8 Å². The number of amides is 2. The van der Waals surface area contributed by atoms with Crippen LogP contribution in [0.5, 0.6) is 0 Å². The number of nitrogens with one attached hydrogen (secondary N) is 1. The molecule has 0 fully saturated rings. The van der Waals surface area contributed by atoms with Gasteiger partial charge in [-0.25, -0.2) is 5.01 Å². The summed E-state index contributed by atoms with van der Waals surface area (Å²) < 4.78 is 0. The standard InChI is InChI=1S/C11H19N3O3/c1-8(4-3-7-15)12-11(17)9-5-6-10(16)14(2)13-9/h8,15H,3-7H2,1-2H3,(H,12,17). The highest BCUT2D eigenvalue weighted by atomic mass is 16.3. The maximum Gasteiger partial charge on any atom is 0.267 e. The topological polar surface area (TPSA) is 82.0 Å². The minimum Gasteiger partial charge on any atom is -0.396 e. The van der Waals surface area contributed by atoms with E-state index in [1.54, 1.807) is 7.05 Å². The van der Waals surface area contributed by atoms with Crippen molar-refractivity contribution in [3.63, 3.8) is 0 Å². The number of rotatable bonds is 5. The molecule has 1 unspecified atom stereocenters. The minimum atomic E-state index is -0.227. The van der Waals surface area contributed by atoms with Crippen molar-refractivity contribution in [1.29, 1.82) is 0 Å². The Morgan fingerprint density at radius 1 is 1.59 bits per heavy atom. The highest BCUT2D eigenvalue weighted by Crippen LogP contribution is 2.07. The molecular weight excluding hydrogens is 222 g/mol. The first-order chi connectivity index (χ1) is 8.04. The predicted octanol–water partition coefficient (Wildman–Crippen LogP) is -0.128. The highest BCUT2D eigenvalue weighted by molar-refractivity contribution is 6.39. The first kappa shape index (κ1) is 13.6. The van der Waals surface area contributed by atoms with Crippen LogP contribution in [0.1, 0.15) is 32.6 Å². The first-order valence-electron chi connectivity index (χ1n) is 5.80. The van der Waals surface area contributed by atoms with Gasteiger partial charge in [0.15, 0.2) is 0 Å². The summed E-state index contributed by atoms with van der Waals surface area (Å²) >= 11 is 0. The van der Waals surface area contributed by atoms with Crippen LogP contribution in [-0.2, 0) is 9.59 Å². The largest absolute Gasteiger partial charge is 0.396 e. The number of carbonyl (C=O) groups is 2. The normalized spacial score (nSPS) is 17.7. The predicted molar refractivity (Wildman–Crippen MR) is 63.4 cm³/mol. The van der Waals surface area contributed by atoms with E-state index >= 15 is 0 Å². The molecule has 17 heavy (non-hydrogen) atoms. The summed E-state index contributed by atoms with van der Waals surface area (Å²) in [4.78, 5) is 23.0. The molecule has 6 heteroatoms. The molecule has 0 aliphatic carbocycles. The van der Waals surface area contributed by atoms with E-state index in [1.165, 1.54) is 5.01 Å². The second-order valence-corrected chi connectivity index (χ2v) is 4.20. The van der Waals surface area contributed by atoms with Crippen LogP contribution in [0.25, 0.3) is 0 Å². The van der Waals surface area contributed by atoms with E-state index in [-0.39, 0.29) is 24.5 Å². The van der Waals surface area contributed by atoms with Crippen LogP contribution < -0.4 is 5.32 Å². The zero-order valence-corrected chi connectivity index (χ0v) is 10.3. The van der Waals surface area contributed by atoms with Crippen LogP contribution in [0.15, 0.2) is 5.10 Å². The van der Waals surface area contributed by atoms with Crippen LogP contribution in [0, 0.1) is 0 Å². The second-order valence-electron chi connectivity index (χ2n) is 4.20. The number of carbonyl (C=O) groups excluding carboxylic acids is 2. The fourth-order valence-corrected chi connectivity index (χ4v) is 1.61. The molecule has 0 aromatic rings. The Balaban J connectivity index is 2.48. The van der Waals surface area contributed by atoms with Crippen LogP contribution in [0.2, 0.25) is 0 Å². The van der Waals surface area contributed by atoms with Crippen LogP contribution in [0.4, 0.5) is 0 Å². The van der Waals surface area contributed by atoms with Gasteiger partial charge >= 0.3 is 0 Å². The number of hydrogen-bond acceptors (Lipinski definition) is 4. The monoisotopic (exact) mass is 241 g/mol. The van der Waals surface area contributed by atoms with Gasteiger partial charge in [-0.2, -0.15) is 5.10 Å². The third-order valence-electron chi connectivity index (χ3n) is 2.64. The molecule has 1 heterocycles. The quantitative estimate of drug-likeness (QED) is 0.703. The van der Waals surface area contributed by atoms with E-state index in [0.29, 0.717) is 25.0 Å². The van der Waals surface area contributed by atoms with Crippen molar-refractivity contribution in [2.45, 2.75) is 38.6 Å². The maximum absolute atomic E-state index is 11.8. The summed E-state index contributed by atoms with van der Waals surface area (Å²) in [7, 11) is 1.55. The zero-order chi connectivity index (χ0) is 12.8. The third kappa shape index (κ3) is 4.14. The molecule has 2 N–H and O–H groups in total. The fourth-order valence-electron chi connectivity index (χ4n) is 1.61. The molecule has 1 aliphatic rings. The molecule has 0 spiro atoms. The average Bonchev–Trinajstić information content (AvgIpc) is 2.30. The van der Waals surface area contributed by atoms with Gasteiger partial charge < -0.3 is 10.4 Å². The van der Waals surface area contributed by atoms with E-state index in [1.807, 2.05) is 6.92 Å². The van der Waals surface area contributed by atoms with E-state index < -0.39 is 0 Å². The SMILES string of the molecule is CC(CCCO)NC(=O)C1=NN(C)C(=O)CC1. The fraction of sp³-hybridized carbons (Fsp3) is 0.727. The molecule has 1 aliphatic heterocycles. The Bertz CT molecular complexity index is 328. The van der Waals surface area contributed by atoms with E-state index in [0.717, 1.165) is 6.42 Å². The van der Waals surface area contributed by atoms with Gasteiger partial charge in [0.2, 0.25) is 5.91 Å². The molecule has 6 nitrogen and oxygen atoms in total. The summed E-state index contributed by atoms with van der Waals surface area (Å²) in [5, 5.41) is 16.6. The lowest BCUT2D eigenvalue weighted by molar-refractivity contribution is -0.130. The Kier molecular flexibility index (Phi) is 5.09. The van der Waals surface area contributed by atoms with Gasteiger partial charge in [-0.3, -0.25) is 9.59 Å². The molecular formula is C11H19N3O3. The Morgan fingerprint density at radius 2 is 2.29 bits per heavy atom. The van der Waals surface area contributed by atoms with Gasteiger partial charge in [0, 0.05) is 32.5 Å². The van der Waals surface area contributed by atoms with Gasteiger partial charge in [0.25, 0.3) is 5.91 Å². The summed E-state index contributed by atoms with van der Waals surface area (Å²) in [5.41, 5.74) is 0.392. The lowest BCUT2D eigenvalue weighted by atomic mass is 10.1. The molecule has 96 valence electrons. The van der Waals surface area contributed by atoms with E-state index in [9.17, 15) is 9.59 Å². The molecule has 1 rings (SSSR count). The zero-order valence-electron chi connectivity index (χ0n) is 10.3. The molecule has 1 atom stereocenters. The van der Waals surface area contributed by atoms with Gasteiger partial charge in [0.1, 0.15) is 5.71 Å². The highest BCUT2D eigenvalue weighted by Gasteiger charge is 2.22. The maximum atomic E-state index is 11.8. The van der Waals surface area contributed by atoms with Crippen LogP contribution >= 0.6 is 0 Å². The Labute approximate surface area is 101 Å². The molecule has 0 radical (unpaired) electrons. The van der Waals surface area contributed by atoms with E-state index in [4.69, 9.17) is 5.11 Å². The third-order valence-corrected chi connectivity index (χ3v) is 2.64. The summed E-state index contributed by atoms with van der Waals surface area (Å²) in [6.07, 6.45) is 2.10. The number of nitrogens with zero attached hydrogens (tertiary/aromatic N) is 2. The first-order valence-corrected chi connectivity index (χ1v) is 5.80. The minimum absolute atomic E-state index is 0.000263. The summed E-state index contributed by atoms with van der Waals surface area (Å²) in [6.45, 7) is 2.00. The van der Waals surface area contributed by atoms with Gasteiger partial charge in [0.05, 0.1) is 0 Å². The second kappa shape index (κ2) is 6.34. The summed E-state index contributed by atoms with van der Waals surface area (Å²) in [6, 6.07) is 0.000263. The van der Waals surface area contributed by atoms with Crippen molar-refractivity contribution < 1.29 is 14.7 Å². The molecule has 2 amide bonds. The average molecular weight is 241 g/mol. The Morgan fingerprint density at radius 3 is 2.88 bits per heavy atom. The van der Waals surface area contributed by atoms with Crippen LogP contribution in [-0.4, -0.2) is 47.3 Å². The Hall–Kier alpha value is -1.43. The van der Waals surface area contributed by atoms with Crippen molar-refractivity contribution >= 4 is 17.5 Å². The number of hydrogen-bond donors (Lipinski definition) is 2. The van der Waals surface area contributed by atoms with E-state index in [2.05, 4.69) is 10.4 Å². The molecule has 0 bridgehead atoms. The van der Waals surface area contributed by atoms with Crippen molar-refractivity contribution in [2.75, 3.05) is 13.7 Å². The number of aliphatic hydroxyl groups excluding tert-OH is 1. The number of hydrazone groups is 1. The lowest BCUT2D eigenvalue weighted by Gasteiger charge is -2.20. The smallest absolute Gasteiger partial charge is 0.267 e. The number of aliphatic hydroxyl groups is 1. The van der Waals surface area contributed by atoms with Crippen molar-refractivity contribution in [3.05, 3.63) is 0 Å². The van der Waals surface area contributed by atoms with Gasteiger partial charge in [-0.1, -0.05) is 0 Å². The van der Waals surface area contributed by atoms with Gasteiger partial charge in [-0.15, -0.1) is 0 Å². The molecule has 0 saturated heterocycles. The molecule has 0 aromatic heterocycles. The van der Waals surface area contributed by atoms with Crippen molar-refractivity contribution in [3.8, 4) is 0 Å². The summed E-state index contributed by atoms with van der Waals surface area (Å²) in [5.74, 6) is -0.301. The van der Waals surface area contributed by atoms with Crippen molar-refractivity contribution in [2.24, 2.45) is 5.10 Å². The van der Waals surface area contributed by atoms with Crippen molar-refractivity contribution in [1.82, 2.24) is 10.3 Å². The molecule has 0 saturated carbocycles. The lowest BCUT2D eigenvalue weighted by Crippen LogP contribution is -2.41.